The average molecular weight is 200 g/mol. The SMILES string of the molecule is CC(O)CNCCNC(=O)C1CCC1. The number of rotatable bonds is 6. The van der Waals surface area contributed by atoms with E-state index >= 15 is 0 Å². The van der Waals surface area contributed by atoms with Crippen molar-refractivity contribution in [1.82, 2.24) is 10.6 Å². The summed E-state index contributed by atoms with van der Waals surface area (Å²) in [4.78, 5) is 11.3. The largest absolute Gasteiger partial charge is 0.392 e. The lowest BCUT2D eigenvalue weighted by Gasteiger charge is -2.24. The molecule has 0 aromatic heterocycles. The van der Waals surface area contributed by atoms with Crippen molar-refractivity contribution in [2.75, 3.05) is 19.6 Å². The molecule has 1 rings (SSSR count). The fourth-order valence-corrected chi connectivity index (χ4v) is 1.40. The van der Waals surface area contributed by atoms with Crippen LogP contribution in [-0.2, 0) is 4.79 Å². The highest BCUT2D eigenvalue weighted by molar-refractivity contribution is 5.79. The van der Waals surface area contributed by atoms with Crippen LogP contribution in [0.4, 0.5) is 0 Å². The number of carbonyl (C=O) groups is 1. The molecule has 1 aliphatic rings. The molecule has 0 radical (unpaired) electrons. The molecule has 14 heavy (non-hydrogen) atoms. The zero-order valence-electron chi connectivity index (χ0n) is 8.75. The molecule has 4 nitrogen and oxygen atoms in total. The van der Waals surface area contributed by atoms with E-state index in [2.05, 4.69) is 10.6 Å². The quantitative estimate of drug-likeness (QED) is 0.524. The maximum absolute atomic E-state index is 11.3. The zero-order chi connectivity index (χ0) is 10.4. The van der Waals surface area contributed by atoms with Crippen molar-refractivity contribution in [1.29, 1.82) is 0 Å². The van der Waals surface area contributed by atoms with E-state index < -0.39 is 0 Å². The summed E-state index contributed by atoms with van der Waals surface area (Å²) in [5, 5.41) is 14.9. The zero-order valence-corrected chi connectivity index (χ0v) is 8.75. The molecular weight excluding hydrogens is 180 g/mol. The fraction of sp³-hybridized carbons (Fsp3) is 0.900. The Kier molecular flexibility index (Phi) is 4.90. The van der Waals surface area contributed by atoms with E-state index in [0.29, 0.717) is 13.1 Å². The molecule has 82 valence electrons. The molecule has 0 aromatic carbocycles. The maximum Gasteiger partial charge on any atom is 0.223 e. The first-order valence-electron chi connectivity index (χ1n) is 5.36. The first-order chi connectivity index (χ1) is 6.70. The average Bonchev–Trinajstić information content (AvgIpc) is 1.99. The Morgan fingerprint density at radius 2 is 2.21 bits per heavy atom. The summed E-state index contributed by atoms with van der Waals surface area (Å²) in [5.41, 5.74) is 0. The minimum absolute atomic E-state index is 0.190. The summed E-state index contributed by atoms with van der Waals surface area (Å²) in [6.45, 7) is 3.70. The van der Waals surface area contributed by atoms with E-state index in [1.807, 2.05) is 0 Å². The van der Waals surface area contributed by atoms with Crippen molar-refractivity contribution < 1.29 is 9.90 Å². The van der Waals surface area contributed by atoms with Gasteiger partial charge in [0.15, 0.2) is 0 Å². The predicted octanol–water partition coefficient (Wildman–Crippen LogP) is -0.127. The Morgan fingerprint density at radius 1 is 1.50 bits per heavy atom. The van der Waals surface area contributed by atoms with Gasteiger partial charge in [-0.25, -0.2) is 0 Å². The van der Waals surface area contributed by atoms with Gasteiger partial charge in [0, 0.05) is 25.6 Å². The van der Waals surface area contributed by atoms with Crippen LogP contribution in [0.2, 0.25) is 0 Å². The van der Waals surface area contributed by atoms with Crippen LogP contribution >= 0.6 is 0 Å². The van der Waals surface area contributed by atoms with Crippen molar-refractivity contribution in [3.8, 4) is 0 Å². The summed E-state index contributed by atoms with van der Waals surface area (Å²) >= 11 is 0. The Balaban J connectivity index is 1.90. The van der Waals surface area contributed by atoms with Crippen molar-refractivity contribution in [2.24, 2.45) is 5.92 Å². The van der Waals surface area contributed by atoms with E-state index in [1.54, 1.807) is 6.92 Å². The highest BCUT2D eigenvalue weighted by Crippen LogP contribution is 2.25. The van der Waals surface area contributed by atoms with Crippen LogP contribution in [0.3, 0.4) is 0 Å². The summed E-state index contributed by atoms with van der Waals surface area (Å²) in [6.07, 6.45) is 2.97. The Hall–Kier alpha value is -0.610. The molecule has 0 bridgehead atoms. The van der Waals surface area contributed by atoms with E-state index in [-0.39, 0.29) is 17.9 Å². The van der Waals surface area contributed by atoms with Crippen molar-refractivity contribution in [3.05, 3.63) is 0 Å². The third-order valence-corrected chi connectivity index (χ3v) is 2.52. The van der Waals surface area contributed by atoms with Crippen LogP contribution in [0.1, 0.15) is 26.2 Å². The molecule has 0 aromatic rings. The normalized spacial score (nSPS) is 18.7. The molecule has 4 heteroatoms. The number of aliphatic hydroxyl groups is 1. The summed E-state index contributed by atoms with van der Waals surface area (Å²) in [6, 6.07) is 0. The summed E-state index contributed by atoms with van der Waals surface area (Å²) in [7, 11) is 0. The van der Waals surface area contributed by atoms with Gasteiger partial charge in [-0.15, -0.1) is 0 Å². The minimum atomic E-state index is -0.322. The van der Waals surface area contributed by atoms with Gasteiger partial charge in [-0.2, -0.15) is 0 Å². The second-order valence-corrected chi connectivity index (χ2v) is 3.97. The van der Waals surface area contributed by atoms with Crippen molar-refractivity contribution in [3.63, 3.8) is 0 Å². The number of aliphatic hydroxyl groups excluding tert-OH is 1. The van der Waals surface area contributed by atoms with Gasteiger partial charge < -0.3 is 15.7 Å². The van der Waals surface area contributed by atoms with Crippen molar-refractivity contribution >= 4 is 5.91 Å². The van der Waals surface area contributed by atoms with E-state index in [4.69, 9.17) is 5.11 Å². The first kappa shape index (κ1) is 11.5. The molecule has 1 unspecified atom stereocenters. The Morgan fingerprint density at radius 3 is 2.71 bits per heavy atom. The lowest BCUT2D eigenvalue weighted by molar-refractivity contribution is -0.127. The molecule has 0 saturated heterocycles. The van der Waals surface area contributed by atoms with E-state index in [9.17, 15) is 4.79 Å². The number of hydrogen-bond donors (Lipinski definition) is 3. The van der Waals surface area contributed by atoms with Gasteiger partial charge >= 0.3 is 0 Å². The third kappa shape index (κ3) is 4.07. The Bertz CT molecular complexity index is 179. The van der Waals surface area contributed by atoms with Gasteiger partial charge in [0.1, 0.15) is 0 Å². The van der Waals surface area contributed by atoms with Crippen LogP contribution in [0, 0.1) is 5.92 Å². The molecule has 1 fully saturated rings. The standard InChI is InChI=1S/C10H20N2O2/c1-8(13)7-11-5-6-12-10(14)9-3-2-4-9/h8-9,11,13H,2-7H2,1H3,(H,12,14). The second-order valence-electron chi connectivity index (χ2n) is 3.97. The smallest absolute Gasteiger partial charge is 0.223 e. The molecule has 1 saturated carbocycles. The third-order valence-electron chi connectivity index (χ3n) is 2.52. The van der Waals surface area contributed by atoms with Gasteiger partial charge in [0.2, 0.25) is 5.91 Å². The monoisotopic (exact) mass is 200 g/mol. The molecule has 0 aliphatic heterocycles. The molecule has 0 spiro atoms. The number of nitrogens with one attached hydrogen (secondary N) is 2. The summed E-state index contributed by atoms with van der Waals surface area (Å²) < 4.78 is 0. The Labute approximate surface area is 85.1 Å². The molecule has 0 heterocycles. The lowest BCUT2D eigenvalue weighted by Crippen LogP contribution is -2.39. The van der Waals surface area contributed by atoms with Gasteiger partial charge in [-0.05, 0) is 19.8 Å². The maximum atomic E-state index is 11.3. The van der Waals surface area contributed by atoms with E-state index in [1.165, 1.54) is 6.42 Å². The molecule has 1 amide bonds. The highest BCUT2D eigenvalue weighted by Gasteiger charge is 2.24. The number of hydrogen-bond acceptors (Lipinski definition) is 3. The number of amides is 1. The van der Waals surface area contributed by atoms with Crippen LogP contribution in [0.15, 0.2) is 0 Å². The van der Waals surface area contributed by atoms with Crippen molar-refractivity contribution in [2.45, 2.75) is 32.3 Å². The fourth-order valence-electron chi connectivity index (χ4n) is 1.40. The molecular formula is C10H20N2O2. The van der Waals surface area contributed by atoms with Crippen LogP contribution in [0.25, 0.3) is 0 Å². The molecule has 1 atom stereocenters. The van der Waals surface area contributed by atoms with Gasteiger partial charge in [0.25, 0.3) is 0 Å². The summed E-state index contributed by atoms with van der Waals surface area (Å²) in [5.74, 6) is 0.460. The van der Waals surface area contributed by atoms with Gasteiger partial charge in [-0.1, -0.05) is 6.42 Å². The van der Waals surface area contributed by atoms with E-state index in [0.717, 1.165) is 19.4 Å². The highest BCUT2D eigenvalue weighted by atomic mass is 16.3. The molecule has 3 N–H and O–H groups in total. The van der Waals surface area contributed by atoms with Crippen LogP contribution in [-0.4, -0.2) is 36.8 Å². The lowest BCUT2D eigenvalue weighted by atomic mass is 9.85. The van der Waals surface area contributed by atoms with Crippen LogP contribution in [0.5, 0.6) is 0 Å². The minimum Gasteiger partial charge on any atom is -0.392 e. The second kappa shape index (κ2) is 5.98. The molecule has 1 aliphatic carbocycles. The van der Waals surface area contributed by atoms with Gasteiger partial charge in [0.05, 0.1) is 6.10 Å². The predicted molar refractivity (Wildman–Crippen MR) is 54.9 cm³/mol. The topological polar surface area (TPSA) is 61.4 Å². The number of carbonyl (C=O) groups excluding carboxylic acids is 1. The first-order valence-corrected chi connectivity index (χ1v) is 5.36. The van der Waals surface area contributed by atoms with Crippen LogP contribution < -0.4 is 10.6 Å². The van der Waals surface area contributed by atoms with Gasteiger partial charge in [-0.3, -0.25) is 4.79 Å².